The van der Waals surface area contributed by atoms with Gasteiger partial charge in [0.1, 0.15) is 0 Å². The molecule has 0 amide bonds. The van der Waals surface area contributed by atoms with Gasteiger partial charge in [-0.25, -0.2) is 0 Å². The molecule has 2 heteroatoms. The van der Waals surface area contributed by atoms with Gasteiger partial charge in [0.25, 0.3) is 0 Å². The first-order chi connectivity index (χ1) is 7.81. The largest absolute Gasteiger partial charge is 0.381 e. The third kappa shape index (κ3) is 3.58. The zero-order valence-corrected chi connectivity index (χ0v) is 10.2. The van der Waals surface area contributed by atoms with Crippen molar-refractivity contribution in [1.82, 2.24) is 0 Å². The molecular weight excluding hydrogens is 196 g/mol. The van der Waals surface area contributed by atoms with Gasteiger partial charge in [0.15, 0.2) is 0 Å². The lowest BCUT2D eigenvalue weighted by atomic mass is 10.1. The Balaban J connectivity index is 2.74. The predicted octanol–water partition coefficient (Wildman–Crippen LogP) is 3.74. The molecule has 0 saturated carbocycles. The van der Waals surface area contributed by atoms with Crippen LogP contribution in [0, 0.1) is 11.3 Å². The lowest BCUT2D eigenvalue weighted by molar-refractivity contribution is 0.709. The molecule has 0 saturated heterocycles. The molecule has 86 valence electrons. The Labute approximate surface area is 98.3 Å². The van der Waals surface area contributed by atoms with Gasteiger partial charge < -0.3 is 5.32 Å². The quantitative estimate of drug-likeness (QED) is 0.786. The minimum atomic E-state index is 0.267. The molecule has 1 aromatic carbocycles. The number of hydrogen-bond donors (Lipinski definition) is 1. The molecule has 1 aromatic rings. The van der Waals surface area contributed by atoms with Crippen LogP contribution < -0.4 is 5.32 Å². The molecule has 0 spiro atoms. The van der Waals surface area contributed by atoms with Crippen molar-refractivity contribution in [1.29, 1.82) is 5.26 Å². The number of benzene rings is 1. The third-order valence-corrected chi connectivity index (χ3v) is 2.73. The van der Waals surface area contributed by atoms with Gasteiger partial charge >= 0.3 is 0 Å². The summed E-state index contributed by atoms with van der Waals surface area (Å²) in [6.07, 6.45) is 3.78. The smallest absolute Gasteiger partial charge is 0.0643 e. The van der Waals surface area contributed by atoms with Crippen molar-refractivity contribution < 1.29 is 0 Å². The van der Waals surface area contributed by atoms with Gasteiger partial charge in [-0.3, -0.25) is 0 Å². The molecule has 0 bridgehead atoms. The second kappa shape index (κ2) is 6.90. The summed E-state index contributed by atoms with van der Waals surface area (Å²) in [6, 6.07) is 10.9. The van der Waals surface area contributed by atoms with E-state index in [0.29, 0.717) is 6.42 Å². The van der Waals surface area contributed by atoms with Gasteiger partial charge in [-0.05, 0) is 24.5 Å². The minimum absolute atomic E-state index is 0.267. The number of anilines is 1. The van der Waals surface area contributed by atoms with Gasteiger partial charge in [0.2, 0.25) is 0 Å². The lowest BCUT2D eigenvalue weighted by Crippen LogP contribution is -2.18. The summed E-state index contributed by atoms with van der Waals surface area (Å²) in [5.74, 6) is 0. The third-order valence-electron chi connectivity index (χ3n) is 2.73. The lowest BCUT2D eigenvalue weighted by Gasteiger charge is -2.18. The van der Waals surface area contributed by atoms with Crippen LogP contribution in [0.1, 0.15) is 38.7 Å². The zero-order valence-electron chi connectivity index (χ0n) is 10.2. The van der Waals surface area contributed by atoms with Gasteiger partial charge in [-0.2, -0.15) is 5.26 Å². The van der Waals surface area contributed by atoms with Crippen LogP contribution in [0.25, 0.3) is 0 Å². The SMILES string of the molecule is CCCc1ccccc1NC(CC)CC#N. The number of para-hydroxylation sites is 1. The normalized spacial score (nSPS) is 11.8. The standard InChI is InChI=1S/C14H20N2/c1-3-7-12-8-5-6-9-14(12)16-13(4-2)10-11-15/h5-6,8-9,13,16H,3-4,7,10H2,1-2H3. The van der Waals surface area contributed by atoms with Crippen molar-refractivity contribution in [2.45, 2.75) is 45.6 Å². The van der Waals surface area contributed by atoms with Crippen LogP contribution in [0.5, 0.6) is 0 Å². The molecule has 1 atom stereocenters. The molecule has 0 radical (unpaired) electrons. The second-order valence-electron chi connectivity index (χ2n) is 4.02. The van der Waals surface area contributed by atoms with Crippen LogP contribution in [0.3, 0.4) is 0 Å². The molecule has 0 fully saturated rings. The fourth-order valence-corrected chi connectivity index (χ4v) is 1.78. The summed E-state index contributed by atoms with van der Waals surface area (Å²) in [5, 5.41) is 12.2. The van der Waals surface area contributed by atoms with E-state index >= 15 is 0 Å². The monoisotopic (exact) mass is 216 g/mol. The first kappa shape index (κ1) is 12.6. The number of nitrogens with zero attached hydrogens (tertiary/aromatic N) is 1. The molecule has 0 aromatic heterocycles. The maximum atomic E-state index is 8.73. The average Bonchev–Trinajstić information content (AvgIpc) is 2.31. The summed E-state index contributed by atoms with van der Waals surface area (Å²) in [6.45, 7) is 4.29. The Kier molecular flexibility index (Phi) is 5.42. The van der Waals surface area contributed by atoms with Gasteiger partial charge in [-0.15, -0.1) is 0 Å². The second-order valence-corrected chi connectivity index (χ2v) is 4.02. The molecule has 0 aliphatic heterocycles. The van der Waals surface area contributed by atoms with E-state index in [2.05, 4.69) is 43.4 Å². The molecule has 1 N–H and O–H groups in total. The molecule has 1 unspecified atom stereocenters. The van der Waals surface area contributed by atoms with E-state index in [1.807, 2.05) is 6.07 Å². The number of rotatable bonds is 6. The van der Waals surface area contributed by atoms with Crippen LogP contribution in [0.15, 0.2) is 24.3 Å². The number of aryl methyl sites for hydroxylation is 1. The van der Waals surface area contributed by atoms with Crippen molar-refractivity contribution in [2.75, 3.05) is 5.32 Å². The molecule has 0 heterocycles. The van der Waals surface area contributed by atoms with Gasteiger partial charge in [0.05, 0.1) is 12.5 Å². The molecular formula is C14H20N2. The van der Waals surface area contributed by atoms with Gasteiger partial charge in [-0.1, -0.05) is 38.5 Å². The number of hydrogen-bond acceptors (Lipinski definition) is 2. The van der Waals surface area contributed by atoms with E-state index in [1.54, 1.807) is 0 Å². The summed E-state index contributed by atoms with van der Waals surface area (Å²) >= 11 is 0. The summed E-state index contributed by atoms with van der Waals surface area (Å²) in [4.78, 5) is 0. The average molecular weight is 216 g/mol. The van der Waals surface area contributed by atoms with E-state index in [1.165, 1.54) is 11.3 Å². The number of nitrogens with one attached hydrogen (secondary N) is 1. The Hall–Kier alpha value is -1.49. The van der Waals surface area contributed by atoms with Crippen LogP contribution in [-0.2, 0) is 6.42 Å². The summed E-state index contributed by atoms with van der Waals surface area (Å²) < 4.78 is 0. The topological polar surface area (TPSA) is 35.8 Å². The van der Waals surface area contributed by atoms with E-state index < -0.39 is 0 Å². The highest BCUT2D eigenvalue weighted by atomic mass is 14.9. The van der Waals surface area contributed by atoms with E-state index in [0.717, 1.165) is 19.3 Å². The highest BCUT2D eigenvalue weighted by Gasteiger charge is 2.07. The maximum absolute atomic E-state index is 8.73. The summed E-state index contributed by atoms with van der Waals surface area (Å²) in [5.41, 5.74) is 2.54. The van der Waals surface area contributed by atoms with Crippen LogP contribution >= 0.6 is 0 Å². The zero-order chi connectivity index (χ0) is 11.8. The van der Waals surface area contributed by atoms with Crippen molar-refractivity contribution in [3.05, 3.63) is 29.8 Å². The maximum Gasteiger partial charge on any atom is 0.0643 e. The van der Waals surface area contributed by atoms with Crippen molar-refractivity contribution in [2.24, 2.45) is 0 Å². The fraction of sp³-hybridized carbons (Fsp3) is 0.500. The Morgan fingerprint density at radius 1 is 1.31 bits per heavy atom. The van der Waals surface area contributed by atoms with Crippen LogP contribution in [0.2, 0.25) is 0 Å². The predicted molar refractivity (Wildman–Crippen MR) is 68.4 cm³/mol. The van der Waals surface area contributed by atoms with Crippen LogP contribution in [-0.4, -0.2) is 6.04 Å². The first-order valence-electron chi connectivity index (χ1n) is 6.03. The van der Waals surface area contributed by atoms with Crippen molar-refractivity contribution >= 4 is 5.69 Å². The van der Waals surface area contributed by atoms with E-state index in [-0.39, 0.29) is 6.04 Å². The Bertz CT molecular complexity index is 352. The number of nitriles is 1. The minimum Gasteiger partial charge on any atom is -0.381 e. The fourth-order valence-electron chi connectivity index (χ4n) is 1.78. The highest BCUT2D eigenvalue weighted by molar-refractivity contribution is 5.51. The Morgan fingerprint density at radius 3 is 2.69 bits per heavy atom. The van der Waals surface area contributed by atoms with Crippen molar-refractivity contribution in [3.8, 4) is 6.07 Å². The van der Waals surface area contributed by atoms with Gasteiger partial charge in [0, 0.05) is 11.7 Å². The van der Waals surface area contributed by atoms with Crippen LogP contribution in [0.4, 0.5) is 5.69 Å². The van der Waals surface area contributed by atoms with E-state index in [9.17, 15) is 0 Å². The molecule has 0 aliphatic rings. The highest BCUT2D eigenvalue weighted by Crippen LogP contribution is 2.19. The first-order valence-corrected chi connectivity index (χ1v) is 6.03. The molecule has 1 rings (SSSR count). The molecule has 0 aliphatic carbocycles. The summed E-state index contributed by atoms with van der Waals surface area (Å²) in [7, 11) is 0. The molecule has 16 heavy (non-hydrogen) atoms. The Morgan fingerprint density at radius 2 is 2.06 bits per heavy atom. The van der Waals surface area contributed by atoms with Crippen molar-refractivity contribution in [3.63, 3.8) is 0 Å². The van der Waals surface area contributed by atoms with E-state index in [4.69, 9.17) is 5.26 Å². The molecule has 2 nitrogen and oxygen atoms in total.